The van der Waals surface area contributed by atoms with Gasteiger partial charge in [-0.2, -0.15) is 4.98 Å². The third-order valence-corrected chi connectivity index (χ3v) is 3.87. The first-order valence-electron chi connectivity index (χ1n) is 7.42. The summed E-state index contributed by atoms with van der Waals surface area (Å²) in [5, 5.41) is 6.96. The number of nitrogens with one attached hydrogen (secondary N) is 1. The van der Waals surface area contributed by atoms with Crippen LogP contribution in [0.25, 0.3) is 0 Å². The number of aryl methyl sites for hydroxylation is 1. The Kier molecular flexibility index (Phi) is 5.11. The third-order valence-electron chi connectivity index (χ3n) is 3.87. The minimum absolute atomic E-state index is 0.0413. The number of amides is 1. The minimum atomic E-state index is 0.0413. The highest BCUT2D eigenvalue weighted by Gasteiger charge is 2.27. The van der Waals surface area contributed by atoms with Crippen molar-refractivity contribution in [3.8, 4) is 0 Å². The van der Waals surface area contributed by atoms with E-state index in [4.69, 9.17) is 10.3 Å². The summed E-state index contributed by atoms with van der Waals surface area (Å²) >= 11 is 0. The molecular weight excluding hydrogens is 256 g/mol. The molecule has 0 radical (unpaired) electrons. The zero-order valence-corrected chi connectivity index (χ0v) is 12.3. The molecule has 0 spiro atoms. The Bertz CT molecular complexity index is 444. The van der Waals surface area contributed by atoms with Crippen molar-refractivity contribution >= 4 is 5.91 Å². The Balaban J connectivity index is 1.77. The van der Waals surface area contributed by atoms with Gasteiger partial charge in [0.1, 0.15) is 0 Å². The molecule has 2 atom stereocenters. The maximum absolute atomic E-state index is 11.9. The van der Waals surface area contributed by atoms with E-state index in [1.807, 2.05) is 13.8 Å². The second kappa shape index (κ2) is 6.83. The number of carbonyl (C=O) groups excluding carboxylic acids is 1. The molecule has 1 aliphatic rings. The van der Waals surface area contributed by atoms with E-state index in [-0.39, 0.29) is 17.9 Å². The largest absolute Gasteiger partial charge is 0.353 e. The van der Waals surface area contributed by atoms with Crippen molar-refractivity contribution < 1.29 is 9.32 Å². The number of carbonyl (C=O) groups is 1. The van der Waals surface area contributed by atoms with E-state index in [0.29, 0.717) is 37.0 Å². The van der Waals surface area contributed by atoms with Crippen LogP contribution in [-0.4, -0.2) is 28.6 Å². The van der Waals surface area contributed by atoms with Crippen LogP contribution in [-0.2, 0) is 11.2 Å². The lowest BCUT2D eigenvalue weighted by atomic mass is 10.0. The lowest BCUT2D eigenvalue weighted by molar-refractivity contribution is -0.122. The van der Waals surface area contributed by atoms with Gasteiger partial charge in [-0.3, -0.25) is 4.79 Å². The Labute approximate surface area is 119 Å². The average Bonchev–Trinajstić information content (AvgIpc) is 3.04. The van der Waals surface area contributed by atoms with Crippen molar-refractivity contribution in [2.75, 3.05) is 6.54 Å². The Morgan fingerprint density at radius 2 is 2.30 bits per heavy atom. The lowest BCUT2D eigenvalue weighted by Gasteiger charge is -2.19. The topological polar surface area (TPSA) is 94.0 Å². The van der Waals surface area contributed by atoms with Crippen LogP contribution >= 0.6 is 0 Å². The highest BCUT2D eigenvalue weighted by Crippen LogP contribution is 2.24. The number of hydrogen-bond acceptors (Lipinski definition) is 5. The van der Waals surface area contributed by atoms with E-state index in [2.05, 4.69) is 15.5 Å². The molecule has 1 saturated carbocycles. The summed E-state index contributed by atoms with van der Waals surface area (Å²) in [4.78, 5) is 16.2. The van der Waals surface area contributed by atoms with Gasteiger partial charge in [-0.15, -0.1) is 0 Å². The summed E-state index contributed by atoms with van der Waals surface area (Å²) in [5.41, 5.74) is 5.71. The molecule has 0 bridgehead atoms. The van der Waals surface area contributed by atoms with Crippen LogP contribution in [0.1, 0.15) is 57.2 Å². The fourth-order valence-corrected chi connectivity index (χ4v) is 2.61. The van der Waals surface area contributed by atoms with Gasteiger partial charge < -0.3 is 15.6 Å². The fourth-order valence-electron chi connectivity index (χ4n) is 2.61. The summed E-state index contributed by atoms with van der Waals surface area (Å²) in [6, 6.07) is 0.237. The number of rotatable bonds is 6. The van der Waals surface area contributed by atoms with Gasteiger partial charge in [0.15, 0.2) is 5.82 Å². The number of nitrogens with zero attached hydrogens (tertiary/aromatic N) is 2. The molecular formula is C14H24N4O2. The molecule has 0 aliphatic heterocycles. The summed E-state index contributed by atoms with van der Waals surface area (Å²) in [5.74, 6) is 1.93. The minimum Gasteiger partial charge on any atom is -0.353 e. The highest BCUT2D eigenvalue weighted by atomic mass is 16.5. The van der Waals surface area contributed by atoms with E-state index < -0.39 is 0 Å². The van der Waals surface area contributed by atoms with Crippen molar-refractivity contribution in [3.63, 3.8) is 0 Å². The molecule has 1 aromatic rings. The molecule has 0 saturated heterocycles. The van der Waals surface area contributed by atoms with Crippen LogP contribution in [0.4, 0.5) is 0 Å². The van der Waals surface area contributed by atoms with Crippen molar-refractivity contribution in [1.29, 1.82) is 0 Å². The van der Waals surface area contributed by atoms with Crippen molar-refractivity contribution in [2.45, 2.75) is 57.9 Å². The van der Waals surface area contributed by atoms with E-state index in [1.165, 1.54) is 0 Å². The van der Waals surface area contributed by atoms with Crippen LogP contribution in [0, 0.1) is 5.92 Å². The zero-order valence-electron chi connectivity index (χ0n) is 12.3. The molecule has 1 aliphatic carbocycles. The third kappa shape index (κ3) is 3.79. The van der Waals surface area contributed by atoms with E-state index in [0.717, 1.165) is 19.3 Å². The molecule has 2 rings (SSSR count). The molecule has 112 valence electrons. The van der Waals surface area contributed by atoms with E-state index >= 15 is 0 Å². The summed E-state index contributed by atoms with van der Waals surface area (Å²) in [7, 11) is 0. The molecule has 2 unspecified atom stereocenters. The molecule has 0 aromatic carbocycles. The molecule has 1 heterocycles. The molecule has 1 amide bonds. The number of hydrogen-bond donors (Lipinski definition) is 2. The van der Waals surface area contributed by atoms with Gasteiger partial charge in [0.25, 0.3) is 0 Å². The zero-order chi connectivity index (χ0) is 14.5. The van der Waals surface area contributed by atoms with Crippen LogP contribution in [0.3, 0.4) is 0 Å². The van der Waals surface area contributed by atoms with Crippen LogP contribution in [0.15, 0.2) is 4.52 Å². The molecule has 6 heteroatoms. The fraction of sp³-hybridized carbons (Fsp3) is 0.786. The van der Waals surface area contributed by atoms with Crippen molar-refractivity contribution in [3.05, 3.63) is 11.7 Å². The maximum Gasteiger partial charge on any atom is 0.227 e. The smallest absolute Gasteiger partial charge is 0.227 e. The number of nitrogens with two attached hydrogens (primary N) is 1. The molecule has 20 heavy (non-hydrogen) atoms. The van der Waals surface area contributed by atoms with Crippen LogP contribution < -0.4 is 11.1 Å². The lowest BCUT2D eigenvalue weighted by Crippen LogP contribution is -2.39. The first-order chi connectivity index (χ1) is 9.60. The Morgan fingerprint density at radius 3 is 2.95 bits per heavy atom. The van der Waals surface area contributed by atoms with Crippen LogP contribution in [0.2, 0.25) is 0 Å². The van der Waals surface area contributed by atoms with Gasteiger partial charge in [0, 0.05) is 24.8 Å². The summed E-state index contributed by atoms with van der Waals surface area (Å²) in [6.07, 6.45) is 4.17. The quantitative estimate of drug-likeness (QED) is 0.820. The monoisotopic (exact) mass is 280 g/mol. The predicted octanol–water partition coefficient (Wildman–Crippen LogP) is 1.37. The van der Waals surface area contributed by atoms with Gasteiger partial charge in [0.05, 0.1) is 0 Å². The van der Waals surface area contributed by atoms with Gasteiger partial charge >= 0.3 is 0 Å². The predicted molar refractivity (Wildman–Crippen MR) is 75.0 cm³/mol. The standard InChI is InChI=1S/C14H24N4O2/c1-9(2)14-17-13(20-18-14)7-6-12(19)16-11-5-3-4-10(11)8-15/h9-11H,3-8,15H2,1-2H3,(H,16,19). The average molecular weight is 280 g/mol. The van der Waals surface area contributed by atoms with Gasteiger partial charge in [0.2, 0.25) is 11.8 Å². The molecule has 3 N–H and O–H groups in total. The van der Waals surface area contributed by atoms with Gasteiger partial charge in [-0.1, -0.05) is 25.4 Å². The van der Waals surface area contributed by atoms with Crippen LogP contribution in [0.5, 0.6) is 0 Å². The second-order valence-electron chi connectivity index (χ2n) is 5.80. The van der Waals surface area contributed by atoms with E-state index in [9.17, 15) is 4.79 Å². The SMILES string of the molecule is CC(C)c1noc(CCC(=O)NC2CCCC2CN)n1. The van der Waals surface area contributed by atoms with Gasteiger partial charge in [-0.25, -0.2) is 0 Å². The first-order valence-corrected chi connectivity index (χ1v) is 7.42. The van der Waals surface area contributed by atoms with Crippen molar-refractivity contribution in [1.82, 2.24) is 15.5 Å². The van der Waals surface area contributed by atoms with Gasteiger partial charge in [-0.05, 0) is 25.3 Å². The molecule has 6 nitrogen and oxygen atoms in total. The number of aromatic nitrogens is 2. The molecule has 1 aromatic heterocycles. The highest BCUT2D eigenvalue weighted by molar-refractivity contribution is 5.76. The Morgan fingerprint density at radius 1 is 1.50 bits per heavy atom. The normalized spacial score (nSPS) is 22.4. The second-order valence-corrected chi connectivity index (χ2v) is 5.80. The van der Waals surface area contributed by atoms with Crippen molar-refractivity contribution in [2.24, 2.45) is 11.7 Å². The summed E-state index contributed by atoms with van der Waals surface area (Å²) < 4.78 is 5.13. The van der Waals surface area contributed by atoms with E-state index in [1.54, 1.807) is 0 Å². The molecule has 1 fully saturated rings. The Hall–Kier alpha value is -1.43. The maximum atomic E-state index is 11.9. The summed E-state index contributed by atoms with van der Waals surface area (Å²) in [6.45, 7) is 4.66. The first kappa shape index (κ1) is 15.0.